The van der Waals surface area contributed by atoms with Crippen LogP contribution in [0.2, 0.25) is 0 Å². The first-order valence-corrected chi connectivity index (χ1v) is 9.05. The van der Waals surface area contributed by atoms with Gasteiger partial charge in [0.1, 0.15) is 5.82 Å². The largest absolute Gasteiger partial charge is 0.461 e. The molecule has 27 heavy (non-hydrogen) atoms. The van der Waals surface area contributed by atoms with Crippen molar-refractivity contribution in [1.82, 2.24) is 14.9 Å². The van der Waals surface area contributed by atoms with Crippen molar-refractivity contribution in [3.05, 3.63) is 59.2 Å². The number of ether oxygens (including phenoxy) is 1. The Kier molecular flexibility index (Phi) is 5.79. The van der Waals surface area contributed by atoms with E-state index in [4.69, 9.17) is 4.74 Å². The van der Waals surface area contributed by atoms with E-state index in [-0.39, 0.29) is 30.8 Å². The van der Waals surface area contributed by atoms with Gasteiger partial charge in [0.25, 0.3) is 5.92 Å². The number of halogens is 2. The Bertz CT molecular complexity index is 799. The molecule has 144 valence electrons. The fourth-order valence-electron chi connectivity index (χ4n) is 3.47. The van der Waals surface area contributed by atoms with E-state index in [0.717, 1.165) is 5.56 Å². The minimum atomic E-state index is -2.99. The number of piperidine rings is 1. The molecule has 5 nitrogen and oxygen atoms in total. The van der Waals surface area contributed by atoms with Gasteiger partial charge in [-0.1, -0.05) is 30.3 Å². The zero-order valence-electron chi connectivity index (χ0n) is 15.5. The summed E-state index contributed by atoms with van der Waals surface area (Å²) >= 11 is 0. The molecule has 1 saturated heterocycles. The fraction of sp³-hybridized carbons (Fsp3) is 0.450. The third kappa shape index (κ3) is 4.47. The number of esters is 1. The van der Waals surface area contributed by atoms with Gasteiger partial charge in [0.15, 0.2) is 5.69 Å². The normalized spacial score (nSPS) is 19.6. The number of likely N-dealkylation sites (tertiary alicyclic amines) is 1. The van der Waals surface area contributed by atoms with Crippen LogP contribution < -0.4 is 0 Å². The van der Waals surface area contributed by atoms with Gasteiger partial charge in [-0.05, 0) is 32.4 Å². The number of rotatable bonds is 5. The lowest BCUT2D eigenvalue weighted by molar-refractivity contribution is -0.0851. The van der Waals surface area contributed by atoms with E-state index in [2.05, 4.69) is 9.97 Å². The Morgan fingerprint density at radius 2 is 2.07 bits per heavy atom. The van der Waals surface area contributed by atoms with Crippen molar-refractivity contribution in [3.8, 4) is 0 Å². The van der Waals surface area contributed by atoms with Crippen molar-refractivity contribution in [3.63, 3.8) is 0 Å². The second-order valence-electron chi connectivity index (χ2n) is 6.74. The molecule has 2 aromatic rings. The van der Waals surface area contributed by atoms with Gasteiger partial charge in [-0.3, -0.25) is 4.90 Å². The zero-order chi connectivity index (χ0) is 19.4. The van der Waals surface area contributed by atoms with Gasteiger partial charge in [0.2, 0.25) is 0 Å². The first-order chi connectivity index (χ1) is 12.9. The van der Waals surface area contributed by atoms with E-state index < -0.39 is 17.8 Å². The molecule has 2 heterocycles. The predicted molar refractivity (Wildman–Crippen MR) is 96.7 cm³/mol. The van der Waals surface area contributed by atoms with Gasteiger partial charge in [-0.2, -0.15) is 0 Å². The molecule has 0 spiro atoms. The molecule has 0 saturated carbocycles. The van der Waals surface area contributed by atoms with E-state index in [1.165, 1.54) is 6.20 Å². The van der Waals surface area contributed by atoms with Crippen LogP contribution in [0.1, 0.15) is 46.7 Å². The molecule has 0 aliphatic carbocycles. The second-order valence-corrected chi connectivity index (χ2v) is 6.74. The molecular weight excluding hydrogens is 352 g/mol. The smallest absolute Gasteiger partial charge is 0.357 e. The molecule has 1 aliphatic heterocycles. The molecule has 1 aromatic carbocycles. The fourth-order valence-corrected chi connectivity index (χ4v) is 3.47. The van der Waals surface area contributed by atoms with Crippen LogP contribution in [0.5, 0.6) is 0 Å². The highest BCUT2D eigenvalue weighted by Crippen LogP contribution is 2.41. The minimum absolute atomic E-state index is 0.0504. The SMILES string of the molecule is CCOC(=O)c1nc(C)ncc1C1CCN(Cc2ccccc2)CC1(F)F. The average Bonchev–Trinajstić information content (AvgIpc) is 2.63. The van der Waals surface area contributed by atoms with Gasteiger partial charge >= 0.3 is 5.97 Å². The minimum Gasteiger partial charge on any atom is -0.461 e. The summed E-state index contributed by atoms with van der Waals surface area (Å²) in [6, 6.07) is 9.55. The van der Waals surface area contributed by atoms with E-state index in [1.807, 2.05) is 30.3 Å². The number of hydrogen-bond donors (Lipinski definition) is 0. The first kappa shape index (κ1) is 19.4. The molecule has 0 N–H and O–H groups in total. The molecule has 1 fully saturated rings. The van der Waals surface area contributed by atoms with Gasteiger partial charge in [0.05, 0.1) is 19.1 Å². The Labute approximate surface area is 157 Å². The van der Waals surface area contributed by atoms with E-state index in [9.17, 15) is 13.6 Å². The van der Waals surface area contributed by atoms with Gasteiger partial charge < -0.3 is 4.74 Å². The number of nitrogens with zero attached hydrogens (tertiary/aromatic N) is 3. The Morgan fingerprint density at radius 3 is 2.74 bits per heavy atom. The van der Waals surface area contributed by atoms with Crippen molar-refractivity contribution < 1.29 is 18.3 Å². The summed E-state index contributed by atoms with van der Waals surface area (Å²) in [6.45, 7) is 4.05. The van der Waals surface area contributed by atoms with Crippen LogP contribution in [0.4, 0.5) is 8.78 Å². The summed E-state index contributed by atoms with van der Waals surface area (Å²) in [5, 5.41) is 0. The third-order valence-electron chi connectivity index (χ3n) is 4.71. The number of aromatic nitrogens is 2. The highest BCUT2D eigenvalue weighted by molar-refractivity contribution is 5.89. The van der Waals surface area contributed by atoms with Crippen molar-refractivity contribution >= 4 is 5.97 Å². The van der Waals surface area contributed by atoms with Crippen molar-refractivity contribution in [2.45, 2.75) is 38.7 Å². The molecular formula is C20H23F2N3O2. The highest BCUT2D eigenvalue weighted by atomic mass is 19.3. The topological polar surface area (TPSA) is 55.3 Å². The van der Waals surface area contributed by atoms with Crippen LogP contribution in [0.15, 0.2) is 36.5 Å². The third-order valence-corrected chi connectivity index (χ3v) is 4.71. The van der Waals surface area contributed by atoms with E-state index in [0.29, 0.717) is 18.9 Å². The second kappa shape index (κ2) is 8.08. The lowest BCUT2D eigenvalue weighted by atomic mass is 9.85. The molecule has 0 bridgehead atoms. The molecule has 1 unspecified atom stereocenters. The monoisotopic (exact) mass is 375 g/mol. The molecule has 1 atom stereocenters. The zero-order valence-corrected chi connectivity index (χ0v) is 15.5. The lowest BCUT2D eigenvalue weighted by Gasteiger charge is -2.38. The summed E-state index contributed by atoms with van der Waals surface area (Å²) in [4.78, 5) is 22.1. The maximum Gasteiger partial charge on any atom is 0.357 e. The van der Waals surface area contributed by atoms with Gasteiger partial charge in [-0.15, -0.1) is 0 Å². The number of benzene rings is 1. The first-order valence-electron chi connectivity index (χ1n) is 9.05. The molecule has 1 aliphatic rings. The summed E-state index contributed by atoms with van der Waals surface area (Å²) in [7, 11) is 0. The van der Waals surface area contributed by atoms with Gasteiger partial charge in [0, 0.05) is 18.3 Å². The number of aryl methyl sites for hydroxylation is 1. The van der Waals surface area contributed by atoms with Crippen LogP contribution in [0.3, 0.4) is 0 Å². The Balaban J connectivity index is 1.81. The predicted octanol–water partition coefficient (Wildman–Crippen LogP) is 3.59. The lowest BCUT2D eigenvalue weighted by Crippen LogP contribution is -2.47. The number of carbonyl (C=O) groups excluding carboxylic acids is 1. The van der Waals surface area contributed by atoms with Crippen molar-refractivity contribution in [2.24, 2.45) is 0 Å². The molecule has 7 heteroatoms. The quantitative estimate of drug-likeness (QED) is 0.748. The highest BCUT2D eigenvalue weighted by Gasteiger charge is 2.47. The average molecular weight is 375 g/mol. The number of hydrogen-bond acceptors (Lipinski definition) is 5. The molecule has 1 aromatic heterocycles. The van der Waals surface area contributed by atoms with Crippen LogP contribution >= 0.6 is 0 Å². The summed E-state index contributed by atoms with van der Waals surface area (Å²) in [5.41, 5.74) is 1.12. The van der Waals surface area contributed by atoms with E-state index >= 15 is 0 Å². The van der Waals surface area contributed by atoms with Crippen LogP contribution in [-0.2, 0) is 11.3 Å². The Hall–Kier alpha value is -2.41. The van der Waals surface area contributed by atoms with Crippen molar-refractivity contribution in [2.75, 3.05) is 19.7 Å². The maximum absolute atomic E-state index is 15.0. The van der Waals surface area contributed by atoms with E-state index in [1.54, 1.807) is 18.7 Å². The van der Waals surface area contributed by atoms with Crippen LogP contribution in [0, 0.1) is 6.92 Å². The standard InChI is InChI=1S/C20H23F2N3O2/c1-3-27-19(26)18-16(11-23-14(2)24-18)17-9-10-25(13-20(17,21)22)12-15-7-5-4-6-8-15/h4-8,11,17H,3,9-10,12-13H2,1-2H3. The summed E-state index contributed by atoms with van der Waals surface area (Å²) in [6.07, 6.45) is 1.57. The van der Waals surface area contributed by atoms with Crippen LogP contribution in [-0.4, -0.2) is 46.5 Å². The molecule has 0 amide bonds. The maximum atomic E-state index is 15.0. The van der Waals surface area contributed by atoms with Crippen LogP contribution in [0.25, 0.3) is 0 Å². The number of alkyl halides is 2. The number of carbonyl (C=O) groups is 1. The molecule has 3 rings (SSSR count). The van der Waals surface area contributed by atoms with Gasteiger partial charge in [-0.25, -0.2) is 23.5 Å². The molecule has 0 radical (unpaired) electrons. The Morgan fingerprint density at radius 1 is 1.33 bits per heavy atom. The summed E-state index contributed by atoms with van der Waals surface area (Å²) in [5.74, 6) is -4.43. The van der Waals surface area contributed by atoms with Crippen molar-refractivity contribution in [1.29, 1.82) is 0 Å². The summed E-state index contributed by atoms with van der Waals surface area (Å²) < 4.78 is 35.0.